The molecule has 1 unspecified atom stereocenters. The topological polar surface area (TPSA) is 79.1 Å². The molecule has 2 rings (SSSR count). The first-order chi connectivity index (χ1) is 8.02. The Balaban J connectivity index is 2.60. The number of benzene rings is 1. The van der Waals surface area contributed by atoms with Crippen molar-refractivity contribution < 1.29 is 14.3 Å². The summed E-state index contributed by atoms with van der Waals surface area (Å²) in [4.78, 5) is 14.0. The number of carboxylic acids is 1. The molecule has 1 aromatic carbocycles. The Morgan fingerprint density at radius 2 is 2.24 bits per heavy atom. The third-order valence-electron chi connectivity index (χ3n) is 2.78. The number of aromatic nitrogens is 1. The van der Waals surface area contributed by atoms with Gasteiger partial charge in [0.05, 0.1) is 5.92 Å². The van der Waals surface area contributed by atoms with Gasteiger partial charge in [-0.2, -0.15) is 0 Å². The van der Waals surface area contributed by atoms with Crippen LogP contribution in [-0.2, 0) is 4.79 Å². The van der Waals surface area contributed by atoms with Crippen molar-refractivity contribution in [3.8, 4) is 0 Å². The number of rotatable bonds is 3. The molecule has 5 heteroatoms. The van der Waals surface area contributed by atoms with E-state index in [9.17, 15) is 9.18 Å². The van der Waals surface area contributed by atoms with Crippen molar-refractivity contribution in [3.63, 3.8) is 0 Å². The summed E-state index contributed by atoms with van der Waals surface area (Å²) in [5, 5.41) is 9.70. The summed E-state index contributed by atoms with van der Waals surface area (Å²) in [5.74, 6) is -2.66. The summed E-state index contributed by atoms with van der Waals surface area (Å²) in [7, 11) is 0. The molecule has 0 bridgehead atoms. The quantitative estimate of drug-likeness (QED) is 0.759. The average Bonchev–Trinajstić information content (AvgIpc) is 2.58. The first-order valence-corrected chi connectivity index (χ1v) is 5.24. The summed E-state index contributed by atoms with van der Waals surface area (Å²) in [6, 6.07) is 4.66. The van der Waals surface area contributed by atoms with Crippen LogP contribution < -0.4 is 5.73 Å². The SMILES string of the molecule is Cc1cc2cc(F)c(C(CN)C(=O)O)cc2[nH]1. The van der Waals surface area contributed by atoms with E-state index in [1.165, 1.54) is 12.1 Å². The number of halogens is 1. The normalized spacial score (nSPS) is 12.9. The van der Waals surface area contributed by atoms with Crippen molar-refractivity contribution in [2.24, 2.45) is 5.73 Å². The van der Waals surface area contributed by atoms with Crippen molar-refractivity contribution in [1.82, 2.24) is 4.98 Å². The van der Waals surface area contributed by atoms with E-state index in [2.05, 4.69) is 4.98 Å². The van der Waals surface area contributed by atoms with Crippen LogP contribution in [0, 0.1) is 12.7 Å². The van der Waals surface area contributed by atoms with Crippen LogP contribution in [0.4, 0.5) is 4.39 Å². The lowest BCUT2D eigenvalue weighted by atomic mass is 9.98. The monoisotopic (exact) mass is 236 g/mol. The first kappa shape index (κ1) is 11.6. The predicted octanol–water partition coefficient (Wildman–Crippen LogP) is 1.74. The zero-order valence-electron chi connectivity index (χ0n) is 9.33. The van der Waals surface area contributed by atoms with Crippen molar-refractivity contribution in [2.75, 3.05) is 6.54 Å². The summed E-state index contributed by atoms with van der Waals surface area (Å²) in [6.07, 6.45) is 0. The van der Waals surface area contributed by atoms with Gasteiger partial charge in [0.15, 0.2) is 0 Å². The summed E-state index contributed by atoms with van der Waals surface area (Å²) in [6.45, 7) is 1.73. The van der Waals surface area contributed by atoms with E-state index in [0.29, 0.717) is 0 Å². The average molecular weight is 236 g/mol. The van der Waals surface area contributed by atoms with Crippen LogP contribution >= 0.6 is 0 Å². The number of hydrogen-bond donors (Lipinski definition) is 3. The van der Waals surface area contributed by atoms with Crippen molar-refractivity contribution in [1.29, 1.82) is 0 Å². The molecule has 1 heterocycles. The highest BCUT2D eigenvalue weighted by Crippen LogP contribution is 2.25. The number of aromatic amines is 1. The highest BCUT2D eigenvalue weighted by atomic mass is 19.1. The Kier molecular flexibility index (Phi) is 2.85. The lowest BCUT2D eigenvalue weighted by Gasteiger charge is -2.11. The van der Waals surface area contributed by atoms with Gasteiger partial charge in [-0.15, -0.1) is 0 Å². The third-order valence-corrected chi connectivity index (χ3v) is 2.78. The molecule has 17 heavy (non-hydrogen) atoms. The van der Waals surface area contributed by atoms with Gasteiger partial charge in [0.25, 0.3) is 0 Å². The minimum absolute atomic E-state index is 0.120. The van der Waals surface area contributed by atoms with Crippen LogP contribution in [0.1, 0.15) is 17.2 Å². The second-order valence-corrected chi connectivity index (χ2v) is 4.04. The van der Waals surface area contributed by atoms with Crippen LogP contribution in [0.15, 0.2) is 18.2 Å². The molecule has 0 saturated carbocycles. The van der Waals surface area contributed by atoms with Crippen LogP contribution in [-0.4, -0.2) is 22.6 Å². The number of hydrogen-bond acceptors (Lipinski definition) is 2. The Morgan fingerprint density at radius 1 is 1.53 bits per heavy atom. The molecular formula is C12H13FN2O2. The molecule has 4 N–H and O–H groups in total. The molecular weight excluding hydrogens is 223 g/mol. The minimum atomic E-state index is -1.12. The summed E-state index contributed by atoms with van der Waals surface area (Å²) in [5.41, 5.74) is 7.11. The molecule has 0 spiro atoms. The van der Waals surface area contributed by atoms with Crippen LogP contribution in [0.25, 0.3) is 10.9 Å². The largest absolute Gasteiger partial charge is 0.481 e. The molecule has 0 saturated heterocycles. The number of fused-ring (bicyclic) bond motifs is 1. The Hall–Kier alpha value is -1.88. The van der Waals surface area contributed by atoms with E-state index < -0.39 is 17.7 Å². The first-order valence-electron chi connectivity index (χ1n) is 5.24. The number of nitrogens with two attached hydrogens (primary N) is 1. The highest BCUT2D eigenvalue weighted by molar-refractivity contribution is 5.84. The number of aliphatic carboxylic acids is 1. The van der Waals surface area contributed by atoms with E-state index in [0.717, 1.165) is 16.6 Å². The van der Waals surface area contributed by atoms with Gasteiger partial charge in [0.2, 0.25) is 0 Å². The fourth-order valence-electron chi connectivity index (χ4n) is 1.94. The standard InChI is InChI=1S/C12H13FN2O2/c1-6-2-7-3-10(13)8(4-11(7)15-6)9(5-14)12(16)17/h2-4,9,15H,5,14H2,1H3,(H,16,17). The van der Waals surface area contributed by atoms with E-state index in [1.54, 1.807) is 6.07 Å². The number of carbonyl (C=O) groups is 1. The molecule has 0 aliphatic heterocycles. The van der Waals surface area contributed by atoms with Gasteiger partial charge in [-0.05, 0) is 25.1 Å². The van der Waals surface area contributed by atoms with Gasteiger partial charge < -0.3 is 15.8 Å². The van der Waals surface area contributed by atoms with Gasteiger partial charge in [0.1, 0.15) is 5.82 Å². The Bertz CT molecular complexity index is 577. The van der Waals surface area contributed by atoms with Gasteiger partial charge in [-0.3, -0.25) is 4.79 Å². The molecule has 0 amide bonds. The van der Waals surface area contributed by atoms with Crippen LogP contribution in [0.5, 0.6) is 0 Å². The zero-order chi connectivity index (χ0) is 12.6. The lowest BCUT2D eigenvalue weighted by Crippen LogP contribution is -2.22. The smallest absolute Gasteiger partial charge is 0.312 e. The maximum absolute atomic E-state index is 13.8. The molecule has 0 radical (unpaired) electrons. The number of H-pyrrole nitrogens is 1. The van der Waals surface area contributed by atoms with Crippen molar-refractivity contribution >= 4 is 16.9 Å². The van der Waals surface area contributed by atoms with Gasteiger partial charge in [-0.25, -0.2) is 4.39 Å². The number of carboxylic acid groups (broad SMARTS) is 1. The van der Waals surface area contributed by atoms with E-state index in [-0.39, 0.29) is 12.1 Å². The van der Waals surface area contributed by atoms with Crippen molar-refractivity contribution in [3.05, 3.63) is 35.3 Å². The Labute approximate surface area is 97.2 Å². The molecule has 4 nitrogen and oxygen atoms in total. The molecule has 2 aromatic rings. The van der Waals surface area contributed by atoms with Crippen molar-refractivity contribution in [2.45, 2.75) is 12.8 Å². The van der Waals surface area contributed by atoms with E-state index >= 15 is 0 Å². The van der Waals surface area contributed by atoms with Crippen LogP contribution in [0.2, 0.25) is 0 Å². The highest BCUT2D eigenvalue weighted by Gasteiger charge is 2.22. The van der Waals surface area contributed by atoms with Gasteiger partial charge >= 0.3 is 5.97 Å². The lowest BCUT2D eigenvalue weighted by molar-refractivity contribution is -0.138. The zero-order valence-corrected chi connectivity index (χ0v) is 9.33. The molecule has 1 atom stereocenters. The summed E-state index contributed by atoms with van der Waals surface area (Å²) >= 11 is 0. The fraction of sp³-hybridized carbons (Fsp3) is 0.250. The second-order valence-electron chi connectivity index (χ2n) is 4.04. The van der Waals surface area contributed by atoms with Crippen LogP contribution in [0.3, 0.4) is 0 Å². The molecule has 0 fully saturated rings. The number of aryl methyl sites for hydroxylation is 1. The van der Waals surface area contributed by atoms with E-state index in [4.69, 9.17) is 10.8 Å². The summed E-state index contributed by atoms with van der Waals surface area (Å²) < 4.78 is 13.8. The maximum Gasteiger partial charge on any atom is 0.312 e. The molecule has 1 aromatic heterocycles. The Morgan fingerprint density at radius 3 is 2.82 bits per heavy atom. The fourth-order valence-corrected chi connectivity index (χ4v) is 1.94. The second kappa shape index (κ2) is 4.18. The minimum Gasteiger partial charge on any atom is -0.481 e. The third kappa shape index (κ3) is 2.01. The maximum atomic E-state index is 13.8. The molecule has 0 aliphatic carbocycles. The molecule has 0 aliphatic rings. The molecule has 90 valence electrons. The number of nitrogens with one attached hydrogen (secondary N) is 1. The van der Waals surface area contributed by atoms with E-state index in [1.807, 2.05) is 6.92 Å². The predicted molar refractivity (Wildman–Crippen MR) is 62.4 cm³/mol. The van der Waals surface area contributed by atoms with Gasteiger partial charge in [0, 0.05) is 28.7 Å². The van der Waals surface area contributed by atoms with Gasteiger partial charge in [-0.1, -0.05) is 0 Å².